The van der Waals surface area contributed by atoms with E-state index in [0.717, 1.165) is 4.88 Å². The lowest BCUT2D eigenvalue weighted by Gasteiger charge is -2.08. The molecule has 0 amide bonds. The third-order valence-electron chi connectivity index (χ3n) is 3.75. The third kappa shape index (κ3) is 4.57. The van der Waals surface area contributed by atoms with E-state index in [1.165, 1.54) is 35.6 Å². The zero-order valence-corrected chi connectivity index (χ0v) is 16.2. The van der Waals surface area contributed by atoms with Crippen LogP contribution in [0.15, 0.2) is 40.9 Å². The largest absolute Gasteiger partial charge is 0.573 e. The minimum atomic E-state index is -4.75. The molecule has 0 saturated carbocycles. The molecule has 0 N–H and O–H groups in total. The molecule has 0 spiro atoms. The zero-order chi connectivity index (χ0) is 20.6. The molecule has 0 atom stereocenters. The molecule has 3 heterocycles. The van der Waals surface area contributed by atoms with Crippen molar-refractivity contribution in [2.75, 3.05) is 0 Å². The number of ether oxygens (including phenoxy) is 1. The lowest BCUT2D eigenvalue weighted by atomic mass is 10.2. The summed E-state index contributed by atoms with van der Waals surface area (Å²) in [7, 11) is 0. The second-order valence-electron chi connectivity index (χ2n) is 5.84. The van der Waals surface area contributed by atoms with Gasteiger partial charge in [0.05, 0.1) is 10.9 Å². The van der Waals surface area contributed by atoms with Crippen molar-refractivity contribution >= 4 is 22.9 Å². The summed E-state index contributed by atoms with van der Waals surface area (Å²) in [6.45, 7) is 2.29. The van der Waals surface area contributed by atoms with E-state index in [-0.39, 0.29) is 23.3 Å². The van der Waals surface area contributed by atoms with Gasteiger partial charge in [0.2, 0.25) is 11.6 Å². The molecule has 7 nitrogen and oxygen atoms in total. The summed E-state index contributed by atoms with van der Waals surface area (Å²) in [5, 5.41) is 8.21. The molecule has 4 rings (SSSR count). The van der Waals surface area contributed by atoms with E-state index < -0.39 is 6.36 Å². The average molecular weight is 442 g/mol. The molecule has 150 valence electrons. The maximum atomic E-state index is 12.2. The molecule has 0 bridgehead atoms. The van der Waals surface area contributed by atoms with Gasteiger partial charge >= 0.3 is 6.36 Å². The van der Waals surface area contributed by atoms with Crippen LogP contribution >= 0.6 is 22.9 Å². The second-order valence-corrected chi connectivity index (χ2v) is 7.64. The van der Waals surface area contributed by atoms with Gasteiger partial charge in [0.15, 0.2) is 0 Å². The normalized spacial score (nSPS) is 11.8. The van der Waals surface area contributed by atoms with E-state index in [0.29, 0.717) is 22.3 Å². The van der Waals surface area contributed by atoms with Crippen LogP contribution < -0.4 is 4.74 Å². The Hall–Kier alpha value is -2.92. The Bertz CT molecular complexity index is 1140. The van der Waals surface area contributed by atoms with E-state index in [1.54, 1.807) is 11.6 Å². The minimum absolute atomic E-state index is 0.0988. The average Bonchev–Trinajstić information content (AvgIpc) is 3.36. The van der Waals surface area contributed by atoms with Gasteiger partial charge < -0.3 is 9.26 Å². The van der Waals surface area contributed by atoms with E-state index in [1.807, 2.05) is 12.1 Å². The fourth-order valence-electron chi connectivity index (χ4n) is 2.48. The Morgan fingerprint density at radius 1 is 1.10 bits per heavy atom. The summed E-state index contributed by atoms with van der Waals surface area (Å²) in [6.07, 6.45) is -4.75. The van der Waals surface area contributed by atoms with Crippen molar-refractivity contribution in [1.82, 2.24) is 24.9 Å². The van der Waals surface area contributed by atoms with Crippen LogP contribution in [0.25, 0.3) is 23.1 Å². The van der Waals surface area contributed by atoms with Crippen LogP contribution in [0.4, 0.5) is 13.2 Å². The van der Waals surface area contributed by atoms with Crippen molar-refractivity contribution in [3.8, 4) is 28.9 Å². The molecule has 4 aromatic rings. The number of benzene rings is 1. The Kier molecular flexibility index (Phi) is 5.01. The highest BCUT2D eigenvalue weighted by atomic mass is 35.5. The predicted molar refractivity (Wildman–Crippen MR) is 98.6 cm³/mol. The number of hydrogen-bond acceptors (Lipinski definition) is 7. The number of hydrogen-bond donors (Lipinski definition) is 0. The molecule has 0 fully saturated rings. The van der Waals surface area contributed by atoms with Gasteiger partial charge in [-0.2, -0.15) is 4.98 Å². The molecule has 12 heteroatoms. The Balaban J connectivity index is 1.52. The minimum Gasteiger partial charge on any atom is -0.406 e. The van der Waals surface area contributed by atoms with Crippen LogP contribution in [-0.4, -0.2) is 31.3 Å². The number of aryl methyl sites for hydroxylation is 1. The zero-order valence-electron chi connectivity index (χ0n) is 14.6. The van der Waals surface area contributed by atoms with Gasteiger partial charge in [0, 0.05) is 10.4 Å². The first-order valence-corrected chi connectivity index (χ1v) is 9.32. The highest BCUT2D eigenvalue weighted by molar-refractivity contribution is 7.16. The van der Waals surface area contributed by atoms with Crippen molar-refractivity contribution in [1.29, 1.82) is 0 Å². The molecule has 0 radical (unpaired) electrons. The first-order chi connectivity index (χ1) is 13.8. The number of nitrogens with zero attached hydrogens (tertiary/aromatic N) is 5. The molecule has 3 aromatic heterocycles. The van der Waals surface area contributed by atoms with Gasteiger partial charge in [0.1, 0.15) is 11.6 Å². The molecule has 0 aliphatic rings. The maximum Gasteiger partial charge on any atom is 0.573 e. The second kappa shape index (κ2) is 7.48. The first kappa shape index (κ1) is 19.4. The van der Waals surface area contributed by atoms with Gasteiger partial charge in [-0.25, -0.2) is 9.67 Å². The maximum absolute atomic E-state index is 12.2. The van der Waals surface area contributed by atoms with Gasteiger partial charge in [-0.05, 0) is 43.3 Å². The SMILES string of the molecule is Cc1nc(-c2nc(-c3ccc(OC(F)(F)F)cc3)no2)nn1Cc1ccc(Cl)s1. The lowest BCUT2D eigenvalue weighted by molar-refractivity contribution is -0.274. The number of aromatic nitrogens is 5. The van der Waals surface area contributed by atoms with Gasteiger partial charge in [0.25, 0.3) is 5.89 Å². The van der Waals surface area contributed by atoms with Crippen LogP contribution in [0, 0.1) is 6.92 Å². The summed E-state index contributed by atoms with van der Waals surface area (Å²) in [4.78, 5) is 9.57. The smallest absolute Gasteiger partial charge is 0.406 e. The van der Waals surface area contributed by atoms with Crippen LogP contribution in [-0.2, 0) is 6.54 Å². The highest BCUT2D eigenvalue weighted by Gasteiger charge is 2.31. The fourth-order valence-corrected chi connectivity index (χ4v) is 3.55. The van der Waals surface area contributed by atoms with Crippen LogP contribution in [0.1, 0.15) is 10.7 Å². The number of rotatable bonds is 5. The molecular formula is C17H11ClF3N5O2S. The number of alkyl halides is 3. The van der Waals surface area contributed by atoms with Crippen molar-refractivity contribution in [3.63, 3.8) is 0 Å². The third-order valence-corrected chi connectivity index (χ3v) is 4.97. The van der Waals surface area contributed by atoms with Gasteiger partial charge in [-0.1, -0.05) is 16.8 Å². The van der Waals surface area contributed by atoms with E-state index in [4.69, 9.17) is 16.1 Å². The summed E-state index contributed by atoms with van der Waals surface area (Å²) in [5.41, 5.74) is 0.457. The highest BCUT2D eigenvalue weighted by Crippen LogP contribution is 2.27. The number of thiophene rings is 1. The first-order valence-electron chi connectivity index (χ1n) is 8.13. The van der Waals surface area contributed by atoms with Crippen molar-refractivity contribution < 1.29 is 22.4 Å². The van der Waals surface area contributed by atoms with Crippen molar-refractivity contribution in [3.05, 3.63) is 51.4 Å². The molecule has 29 heavy (non-hydrogen) atoms. The standard InChI is InChI=1S/C17H11ClF3N5O2S/c1-9-22-15(24-26(9)8-12-6-7-13(18)29-12)16-23-14(25-28-16)10-2-4-11(5-3-10)27-17(19,20)21/h2-7H,8H2,1H3. The Labute approximate surface area is 170 Å². The molecule has 0 saturated heterocycles. The summed E-state index contributed by atoms with van der Waals surface area (Å²) in [5.74, 6) is 0.854. The van der Waals surface area contributed by atoms with E-state index in [9.17, 15) is 13.2 Å². The van der Waals surface area contributed by atoms with Crippen LogP contribution in [0.5, 0.6) is 5.75 Å². The van der Waals surface area contributed by atoms with Gasteiger partial charge in [-0.3, -0.25) is 0 Å². The van der Waals surface area contributed by atoms with E-state index >= 15 is 0 Å². The number of halogens is 4. The predicted octanol–water partition coefficient (Wildman–Crippen LogP) is 4.97. The Morgan fingerprint density at radius 2 is 1.86 bits per heavy atom. The Morgan fingerprint density at radius 3 is 2.52 bits per heavy atom. The topological polar surface area (TPSA) is 78.9 Å². The summed E-state index contributed by atoms with van der Waals surface area (Å²) >= 11 is 7.39. The fraction of sp³-hybridized carbons (Fsp3) is 0.176. The van der Waals surface area contributed by atoms with Crippen LogP contribution in [0.3, 0.4) is 0 Å². The molecule has 0 unspecified atom stereocenters. The molecule has 1 aromatic carbocycles. The lowest BCUT2D eigenvalue weighted by Crippen LogP contribution is -2.16. The summed E-state index contributed by atoms with van der Waals surface area (Å²) in [6, 6.07) is 8.85. The molecule has 0 aliphatic heterocycles. The summed E-state index contributed by atoms with van der Waals surface area (Å²) < 4.78 is 48.2. The van der Waals surface area contributed by atoms with E-state index in [2.05, 4.69) is 25.0 Å². The van der Waals surface area contributed by atoms with Gasteiger partial charge in [-0.15, -0.1) is 29.6 Å². The molecule has 0 aliphatic carbocycles. The van der Waals surface area contributed by atoms with Crippen molar-refractivity contribution in [2.24, 2.45) is 0 Å². The quantitative estimate of drug-likeness (QED) is 0.435. The molecular weight excluding hydrogens is 431 g/mol. The van der Waals surface area contributed by atoms with Crippen LogP contribution in [0.2, 0.25) is 4.34 Å². The monoisotopic (exact) mass is 441 g/mol. The van der Waals surface area contributed by atoms with Crippen molar-refractivity contribution in [2.45, 2.75) is 19.8 Å².